The molecule has 0 saturated heterocycles. The molecular formula is C18H15ClF3N3O. The minimum atomic E-state index is -4.35. The largest absolute Gasteiger partial charge is 0.411 e. The number of benzene rings is 2. The van der Waals surface area contributed by atoms with Crippen molar-refractivity contribution in [2.75, 3.05) is 12.3 Å². The molecule has 0 radical (unpaired) electrons. The lowest BCUT2D eigenvalue weighted by Crippen LogP contribution is -2.16. The number of halogens is 4. The second kappa shape index (κ2) is 7.39. The summed E-state index contributed by atoms with van der Waals surface area (Å²) in [6.07, 6.45) is -4.35. The minimum Gasteiger partial charge on any atom is -0.382 e. The van der Waals surface area contributed by atoms with E-state index in [0.29, 0.717) is 22.1 Å². The number of anilines is 1. The number of alkyl halides is 3. The van der Waals surface area contributed by atoms with Crippen molar-refractivity contribution < 1.29 is 17.9 Å². The van der Waals surface area contributed by atoms with Crippen LogP contribution >= 0.6 is 11.6 Å². The van der Waals surface area contributed by atoms with Gasteiger partial charge in [-0.3, -0.25) is 0 Å². The van der Waals surface area contributed by atoms with Crippen LogP contribution in [0.3, 0.4) is 0 Å². The number of nitrogens with two attached hydrogens (primary N) is 1. The van der Waals surface area contributed by atoms with E-state index in [-0.39, 0.29) is 6.61 Å². The van der Waals surface area contributed by atoms with Gasteiger partial charge >= 0.3 is 6.18 Å². The Labute approximate surface area is 153 Å². The zero-order valence-corrected chi connectivity index (χ0v) is 14.3. The topological polar surface area (TPSA) is 53.1 Å². The smallest absolute Gasteiger partial charge is 0.382 e. The van der Waals surface area contributed by atoms with Crippen molar-refractivity contribution in [1.29, 1.82) is 0 Å². The lowest BCUT2D eigenvalue weighted by atomic mass is 10.1. The lowest BCUT2D eigenvalue weighted by molar-refractivity contribution is -0.176. The second-order valence-corrected chi connectivity index (χ2v) is 6.09. The quantitative estimate of drug-likeness (QED) is 0.687. The van der Waals surface area contributed by atoms with E-state index in [2.05, 4.69) is 5.10 Å². The molecule has 0 spiro atoms. The van der Waals surface area contributed by atoms with E-state index in [0.717, 1.165) is 11.3 Å². The molecule has 0 amide bonds. The van der Waals surface area contributed by atoms with Gasteiger partial charge in [0.1, 0.15) is 12.4 Å². The van der Waals surface area contributed by atoms with Crippen LogP contribution in [0.5, 0.6) is 0 Å². The first kappa shape index (κ1) is 18.3. The van der Waals surface area contributed by atoms with Crippen molar-refractivity contribution in [3.05, 3.63) is 65.2 Å². The first-order chi connectivity index (χ1) is 12.3. The van der Waals surface area contributed by atoms with Gasteiger partial charge in [-0.2, -0.15) is 18.3 Å². The third kappa shape index (κ3) is 4.56. The van der Waals surface area contributed by atoms with Gasteiger partial charge in [0.05, 0.1) is 18.0 Å². The molecule has 0 saturated carbocycles. The average molecular weight is 382 g/mol. The van der Waals surface area contributed by atoms with Crippen LogP contribution in [-0.4, -0.2) is 22.6 Å². The summed E-state index contributed by atoms with van der Waals surface area (Å²) in [5, 5.41) is 4.88. The molecule has 2 N–H and O–H groups in total. The molecule has 8 heteroatoms. The Morgan fingerprint density at radius 1 is 1.08 bits per heavy atom. The zero-order chi connectivity index (χ0) is 18.7. The number of aromatic nitrogens is 2. The predicted octanol–water partition coefficient (Wildman–Crippen LogP) is 4.85. The fourth-order valence-corrected chi connectivity index (χ4v) is 2.62. The van der Waals surface area contributed by atoms with Gasteiger partial charge < -0.3 is 10.5 Å². The summed E-state index contributed by atoms with van der Waals surface area (Å²) in [7, 11) is 0. The highest BCUT2D eigenvalue weighted by molar-refractivity contribution is 6.30. The van der Waals surface area contributed by atoms with Gasteiger partial charge in [-0.15, -0.1) is 0 Å². The van der Waals surface area contributed by atoms with Crippen molar-refractivity contribution in [2.45, 2.75) is 12.8 Å². The first-order valence-electron chi connectivity index (χ1n) is 7.67. The molecule has 136 valence electrons. The third-order valence-electron chi connectivity index (χ3n) is 3.56. The highest BCUT2D eigenvalue weighted by atomic mass is 35.5. The average Bonchev–Trinajstić information content (AvgIpc) is 2.96. The lowest BCUT2D eigenvalue weighted by Gasteiger charge is -2.10. The van der Waals surface area contributed by atoms with Crippen LogP contribution < -0.4 is 5.73 Å². The Morgan fingerprint density at radius 2 is 1.81 bits per heavy atom. The van der Waals surface area contributed by atoms with Crippen LogP contribution in [0.1, 0.15) is 5.56 Å². The second-order valence-electron chi connectivity index (χ2n) is 5.65. The number of nitrogens with zero attached hydrogens (tertiary/aromatic N) is 2. The van der Waals surface area contributed by atoms with Crippen molar-refractivity contribution in [3.8, 4) is 16.9 Å². The third-order valence-corrected chi connectivity index (χ3v) is 3.81. The maximum Gasteiger partial charge on any atom is 0.411 e. The van der Waals surface area contributed by atoms with Gasteiger partial charge in [0.25, 0.3) is 0 Å². The van der Waals surface area contributed by atoms with Crippen molar-refractivity contribution in [3.63, 3.8) is 0 Å². The maximum absolute atomic E-state index is 12.2. The molecule has 3 aromatic rings. The van der Waals surface area contributed by atoms with E-state index in [4.69, 9.17) is 22.1 Å². The van der Waals surface area contributed by atoms with Crippen LogP contribution in [0.2, 0.25) is 5.02 Å². The highest BCUT2D eigenvalue weighted by Crippen LogP contribution is 2.27. The molecule has 3 rings (SSSR count). The summed E-state index contributed by atoms with van der Waals surface area (Å²) in [4.78, 5) is 0. The number of hydrogen-bond donors (Lipinski definition) is 1. The van der Waals surface area contributed by atoms with E-state index in [1.165, 1.54) is 0 Å². The Balaban J connectivity index is 1.88. The molecule has 0 atom stereocenters. The van der Waals surface area contributed by atoms with Crippen molar-refractivity contribution >= 4 is 17.4 Å². The summed E-state index contributed by atoms with van der Waals surface area (Å²) in [6, 6.07) is 15.8. The van der Waals surface area contributed by atoms with E-state index in [1.54, 1.807) is 53.2 Å². The molecule has 0 aliphatic heterocycles. The molecule has 0 unspecified atom stereocenters. The number of rotatable bonds is 5. The number of nitrogen functional groups attached to an aromatic ring is 1. The predicted molar refractivity (Wildman–Crippen MR) is 94.1 cm³/mol. The molecule has 1 aromatic heterocycles. The summed E-state index contributed by atoms with van der Waals surface area (Å²) < 4.78 is 43.0. The standard InChI is InChI=1S/C18H15ClF3N3O/c19-14-4-6-15(7-5-14)25-16(9-17(23)24-25)13-3-1-2-12(8-13)10-26-11-18(20,21)22/h1-9H,10-11H2,(H2,23,24). The van der Waals surface area contributed by atoms with Crippen molar-refractivity contribution in [2.24, 2.45) is 0 Å². The fourth-order valence-electron chi connectivity index (χ4n) is 2.49. The SMILES string of the molecule is Nc1cc(-c2cccc(COCC(F)(F)F)c2)n(-c2ccc(Cl)cc2)n1. The van der Waals surface area contributed by atoms with Crippen LogP contribution in [0, 0.1) is 0 Å². The van der Waals surface area contributed by atoms with E-state index >= 15 is 0 Å². The highest BCUT2D eigenvalue weighted by Gasteiger charge is 2.27. The van der Waals surface area contributed by atoms with Gasteiger partial charge in [-0.25, -0.2) is 4.68 Å². The fraction of sp³-hybridized carbons (Fsp3) is 0.167. The van der Waals surface area contributed by atoms with E-state index in [1.807, 2.05) is 6.07 Å². The summed E-state index contributed by atoms with van der Waals surface area (Å²) >= 11 is 5.91. The molecule has 26 heavy (non-hydrogen) atoms. The Hall–Kier alpha value is -2.51. The van der Waals surface area contributed by atoms with Crippen LogP contribution in [0.4, 0.5) is 19.0 Å². The Morgan fingerprint density at radius 3 is 2.50 bits per heavy atom. The van der Waals surface area contributed by atoms with Crippen LogP contribution in [0.25, 0.3) is 16.9 Å². The molecule has 0 fully saturated rings. The molecule has 4 nitrogen and oxygen atoms in total. The van der Waals surface area contributed by atoms with Crippen molar-refractivity contribution in [1.82, 2.24) is 9.78 Å². The van der Waals surface area contributed by atoms with Gasteiger partial charge in [0, 0.05) is 16.7 Å². The van der Waals surface area contributed by atoms with Crippen LogP contribution in [-0.2, 0) is 11.3 Å². The first-order valence-corrected chi connectivity index (χ1v) is 8.05. The Kier molecular flexibility index (Phi) is 5.20. The Bertz CT molecular complexity index is 891. The molecule has 0 aliphatic rings. The summed E-state index contributed by atoms with van der Waals surface area (Å²) in [6.45, 7) is -1.43. The molecule has 0 aliphatic carbocycles. The van der Waals surface area contributed by atoms with E-state index in [9.17, 15) is 13.2 Å². The molecular weight excluding hydrogens is 367 g/mol. The summed E-state index contributed by atoms with van der Waals surface area (Å²) in [5.41, 5.74) is 8.70. The van der Waals surface area contributed by atoms with Gasteiger partial charge in [0.2, 0.25) is 0 Å². The van der Waals surface area contributed by atoms with Gasteiger partial charge in [-0.05, 0) is 35.9 Å². The van der Waals surface area contributed by atoms with E-state index < -0.39 is 12.8 Å². The zero-order valence-electron chi connectivity index (χ0n) is 13.5. The maximum atomic E-state index is 12.2. The van der Waals surface area contributed by atoms with Crippen LogP contribution in [0.15, 0.2) is 54.6 Å². The monoisotopic (exact) mass is 381 g/mol. The van der Waals surface area contributed by atoms with Gasteiger partial charge in [0.15, 0.2) is 0 Å². The minimum absolute atomic E-state index is 0.141. The number of hydrogen-bond acceptors (Lipinski definition) is 3. The molecule has 1 heterocycles. The molecule has 0 bridgehead atoms. The number of ether oxygens (including phenoxy) is 1. The van der Waals surface area contributed by atoms with Gasteiger partial charge in [-0.1, -0.05) is 29.8 Å². The summed E-state index contributed by atoms with van der Waals surface area (Å²) in [5.74, 6) is 0.327. The normalized spacial score (nSPS) is 11.7. The molecule has 2 aromatic carbocycles.